The van der Waals surface area contributed by atoms with Gasteiger partial charge in [0.15, 0.2) is 0 Å². The van der Waals surface area contributed by atoms with Gasteiger partial charge in [0.1, 0.15) is 12.2 Å². The molecular formula is C22H18N4. The smallest absolute Gasteiger partial charge is 0.138 e. The first-order valence-corrected chi connectivity index (χ1v) is 8.69. The van der Waals surface area contributed by atoms with Crippen LogP contribution in [0.2, 0.25) is 0 Å². The van der Waals surface area contributed by atoms with Gasteiger partial charge >= 0.3 is 0 Å². The van der Waals surface area contributed by atoms with E-state index in [-0.39, 0.29) is 0 Å². The monoisotopic (exact) mass is 338 g/mol. The number of hydrogen-bond acceptors (Lipinski definition) is 2. The molecule has 0 unspecified atom stereocenters. The van der Waals surface area contributed by atoms with E-state index < -0.39 is 0 Å². The summed E-state index contributed by atoms with van der Waals surface area (Å²) in [7, 11) is 0. The fraction of sp³-hybridized carbons (Fsp3) is 0.0909. The average Bonchev–Trinajstić information content (AvgIpc) is 3.26. The first-order chi connectivity index (χ1) is 12.7. The van der Waals surface area contributed by atoms with Crippen molar-refractivity contribution in [3.63, 3.8) is 0 Å². The van der Waals surface area contributed by atoms with E-state index in [1.807, 2.05) is 30.6 Å². The van der Waals surface area contributed by atoms with Gasteiger partial charge in [0.25, 0.3) is 0 Å². The topological polar surface area (TPSA) is 46.5 Å². The second-order valence-corrected chi connectivity index (χ2v) is 6.69. The van der Waals surface area contributed by atoms with Gasteiger partial charge in [-0.05, 0) is 73.5 Å². The van der Waals surface area contributed by atoms with Gasteiger partial charge in [0, 0.05) is 11.3 Å². The second-order valence-electron chi connectivity index (χ2n) is 6.69. The number of aromatic amines is 1. The largest absolute Gasteiger partial charge is 0.338 e. The van der Waals surface area contributed by atoms with Crippen molar-refractivity contribution >= 4 is 22.1 Å². The lowest BCUT2D eigenvalue weighted by atomic mass is 10.1. The van der Waals surface area contributed by atoms with Crippen molar-refractivity contribution in [3.05, 3.63) is 78.1 Å². The van der Waals surface area contributed by atoms with Gasteiger partial charge < -0.3 is 4.98 Å². The molecule has 3 aromatic carbocycles. The fourth-order valence-corrected chi connectivity index (χ4v) is 3.34. The molecule has 1 N–H and O–H groups in total. The van der Waals surface area contributed by atoms with Crippen LogP contribution in [0, 0.1) is 13.8 Å². The first kappa shape index (κ1) is 14.9. The minimum Gasteiger partial charge on any atom is -0.338 e. The van der Waals surface area contributed by atoms with E-state index in [1.54, 1.807) is 0 Å². The SMILES string of the molecule is Cc1cc2ncn(-c3ccc(-c4nc5ccccc5[nH]4)cc3)c2cc1C. The van der Waals surface area contributed by atoms with Gasteiger partial charge in [0.2, 0.25) is 0 Å². The number of H-pyrrole nitrogens is 1. The molecule has 0 bridgehead atoms. The van der Waals surface area contributed by atoms with Crippen molar-refractivity contribution in [1.82, 2.24) is 19.5 Å². The molecule has 0 aliphatic carbocycles. The van der Waals surface area contributed by atoms with Crippen LogP contribution in [-0.2, 0) is 0 Å². The van der Waals surface area contributed by atoms with Gasteiger partial charge in [-0.1, -0.05) is 12.1 Å². The molecule has 0 aliphatic heterocycles. The molecule has 0 amide bonds. The standard InChI is InChI=1S/C22H18N4/c1-14-11-20-21(12-15(14)2)26(13-23-20)17-9-7-16(8-10-17)22-24-18-5-3-4-6-19(18)25-22/h3-13H,1-2H3,(H,24,25). The lowest BCUT2D eigenvalue weighted by Gasteiger charge is -2.07. The van der Waals surface area contributed by atoms with Gasteiger partial charge in [-0.25, -0.2) is 9.97 Å². The Balaban J connectivity index is 1.57. The molecule has 5 aromatic rings. The normalized spacial score (nSPS) is 11.5. The van der Waals surface area contributed by atoms with Crippen molar-refractivity contribution in [3.8, 4) is 17.1 Å². The molecule has 126 valence electrons. The molecule has 0 saturated heterocycles. The third-order valence-electron chi connectivity index (χ3n) is 4.97. The highest BCUT2D eigenvalue weighted by molar-refractivity contribution is 5.81. The van der Waals surface area contributed by atoms with Gasteiger partial charge in [0.05, 0.1) is 22.1 Å². The fourth-order valence-electron chi connectivity index (χ4n) is 3.34. The van der Waals surface area contributed by atoms with Crippen LogP contribution in [0.5, 0.6) is 0 Å². The molecule has 0 fully saturated rings. The Hall–Kier alpha value is -3.40. The Kier molecular flexibility index (Phi) is 3.19. The Morgan fingerprint density at radius 3 is 2.42 bits per heavy atom. The minimum absolute atomic E-state index is 0.889. The summed E-state index contributed by atoms with van der Waals surface area (Å²) in [6.45, 7) is 4.26. The van der Waals surface area contributed by atoms with Gasteiger partial charge in [-0.2, -0.15) is 0 Å². The molecule has 0 radical (unpaired) electrons. The van der Waals surface area contributed by atoms with Crippen LogP contribution < -0.4 is 0 Å². The summed E-state index contributed by atoms with van der Waals surface area (Å²) in [6.07, 6.45) is 1.89. The molecule has 0 spiro atoms. The summed E-state index contributed by atoms with van der Waals surface area (Å²) < 4.78 is 2.13. The van der Waals surface area contributed by atoms with Crippen LogP contribution >= 0.6 is 0 Å². The van der Waals surface area contributed by atoms with Crippen LogP contribution in [0.15, 0.2) is 67.0 Å². The predicted molar refractivity (Wildman–Crippen MR) is 106 cm³/mol. The zero-order valence-electron chi connectivity index (χ0n) is 14.7. The number of nitrogens with zero attached hydrogens (tertiary/aromatic N) is 3. The zero-order valence-corrected chi connectivity index (χ0v) is 14.7. The van der Waals surface area contributed by atoms with E-state index in [1.165, 1.54) is 11.1 Å². The predicted octanol–water partition coefficient (Wildman–Crippen LogP) is 5.19. The maximum absolute atomic E-state index is 4.67. The molecule has 0 saturated carbocycles. The van der Waals surface area contributed by atoms with E-state index in [0.717, 1.165) is 39.1 Å². The summed E-state index contributed by atoms with van der Waals surface area (Å²) in [5.74, 6) is 0.889. The van der Waals surface area contributed by atoms with Crippen molar-refractivity contribution in [1.29, 1.82) is 0 Å². The molecule has 2 aromatic heterocycles. The van der Waals surface area contributed by atoms with Crippen LogP contribution in [-0.4, -0.2) is 19.5 Å². The van der Waals surface area contributed by atoms with E-state index in [0.29, 0.717) is 0 Å². The zero-order chi connectivity index (χ0) is 17.7. The van der Waals surface area contributed by atoms with Crippen molar-refractivity contribution < 1.29 is 0 Å². The second kappa shape index (κ2) is 5.56. The number of aryl methyl sites for hydroxylation is 2. The van der Waals surface area contributed by atoms with Crippen molar-refractivity contribution in [2.45, 2.75) is 13.8 Å². The van der Waals surface area contributed by atoms with Crippen molar-refractivity contribution in [2.75, 3.05) is 0 Å². The lowest BCUT2D eigenvalue weighted by Crippen LogP contribution is -1.93. The molecule has 4 heteroatoms. The Bertz CT molecular complexity index is 1210. The molecule has 2 heterocycles. The molecule has 5 rings (SSSR count). The Labute approximate surface area is 151 Å². The van der Waals surface area contributed by atoms with Crippen LogP contribution in [0.4, 0.5) is 0 Å². The third kappa shape index (κ3) is 2.30. The van der Waals surface area contributed by atoms with E-state index >= 15 is 0 Å². The Morgan fingerprint density at radius 1 is 0.846 bits per heavy atom. The number of fused-ring (bicyclic) bond motifs is 2. The van der Waals surface area contributed by atoms with E-state index in [4.69, 9.17) is 0 Å². The summed E-state index contributed by atoms with van der Waals surface area (Å²) >= 11 is 0. The highest BCUT2D eigenvalue weighted by Gasteiger charge is 2.08. The molecule has 0 atom stereocenters. The summed E-state index contributed by atoms with van der Waals surface area (Å²) in [5.41, 5.74) is 8.90. The van der Waals surface area contributed by atoms with Crippen molar-refractivity contribution in [2.24, 2.45) is 0 Å². The van der Waals surface area contributed by atoms with Gasteiger partial charge in [-0.15, -0.1) is 0 Å². The number of aromatic nitrogens is 4. The number of benzene rings is 3. The third-order valence-corrected chi connectivity index (χ3v) is 4.97. The highest BCUT2D eigenvalue weighted by Crippen LogP contribution is 2.25. The summed E-state index contributed by atoms with van der Waals surface area (Å²) in [5, 5.41) is 0. The minimum atomic E-state index is 0.889. The Morgan fingerprint density at radius 2 is 1.62 bits per heavy atom. The number of imidazole rings is 2. The summed E-state index contributed by atoms with van der Waals surface area (Å²) in [6, 6.07) is 20.8. The average molecular weight is 338 g/mol. The van der Waals surface area contributed by atoms with E-state index in [2.05, 4.69) is 69.8 Å². The first-order valence-electron chi connectivity index (χ1n) is 8.69. The number of hydrogen-bond donors (Lipinski definition) is 1. The molecule has 4 nitrogen and oxygen atoms in total. The lowest BCUT2D eigenvalue weighted by molar-refractivity contribution is 1.09. The molecule has 0 aliphatic rings. The van der Waals surface area contributed by atoms with E-state index in [9.17, 15) is 0 Å². The quantitative estimate of drug-likeness (QED) is 0.482. The van der Waals surface area contributed by atoms with Gasteiger partial charge in [-0.3, -0.25) is 4.57 Å². The van der Waals surface area contributed by atoms with Crippen LogP contribution in [0.1, 0.15) is 11.1 Å². The molecule has 26 heavy (non-hydrogen) atoms. The number of nitrogens with one attached hydrogen (secondary N) is 1. The van der Waals surface area contributed by atoms with Crippen LogP contribution in [0.25, 0.3) is 39.1 Å². The maximum atomic E-state index is 4.67. The maximum Gasteiger partial charge on any atom is 0.138 e. The highest BCUT2D eigenvalue weighted by atomic mass is 15.0. The summed E-state index contributed by atoms with van der Waals surface area (Å²) in [4.78, 5) is 12.6. The number of rotatable bonds is 2. The van der Waals surface area contributed by atoms with Crippen LogP contribution in [0.3, 0.4) is 0 Å². The molecular weight excluding hydrogens is 320 g/mol. The number of para-hydroxylation sites is 2.